The number of nitrogens with one attached hydrogen (secondary N) is 1. The maximum atomic E-state index is 12.8. The zero-order chi connectivity index (χ0) is 16.1. The Labute approximate surface area is 142 Å². The van der Waals surface area contributed by atoms with Crippen LogP contribution in [0.5, 0.6) is 0 Å². The molecule has 1 fully saturated rings. The van der Waals surface area contributed by atoms with E-state index in [0.717, 1.165) is 54.9 Å². The number of Topliss-reactive ketones (excluding diaryl/α,β-unsaturated/α-hetero) is 1. The predicted octanol–water partition coefficient (Wildman–Crippen LogP) is 3.70. The number of hydrogen-bond acceptors (Lipinski definition) is 3. The van der Waals surface area contributed by atoms with E-state index >= 15 is 0 Å². The maximum Gasteiger partial charge on any atom is 0.184 e. The number of piperidine rings is 1. The van der Waals surface area contributed by atoms with Crippen LogP contribution in [0.25, 0.3) is 0 Å². The van der Waals surface area contributed by atoms with E-state index in [4.69, 9.17) is 11.6 Å². The highest BCUT2D eigenvalue weighted by Crippen LogP contribution is 2.22. The zero-order valence-electron chi connectivity index (χ0n) is 13.1. The van der Waals surface area contributed by atoms with E-state index in [1.807, 2.05) is 36.4 Å². The molecule has 1 aliphatic heterocycles. The maximum absolute atomic E-state index is 12.8. The minimum atomic E-state index is 0.102. The Balaban J connectivity index is 1.75. The summed E-state index contributed by atoms with van der Waals surface area (Å²) in [6.45, 7) is 1.83. The number of hydrogen-bond donors (Lipinski definition) is 1. The van der Waals surface area contributed by atoms with Gasteiger partial charge in [-0.3, -0.25) is 9.78 Å². The molecule has 1 aromatic heterocycles. The van der Waals surface area contributed by atoms with Gasteiger partial charge in [0.2, 0.25) is 0 Å². The molecule has 1 saturated heterocycles. The lowest BCUT2D eigenvalue weighted by atomic mass is 9.89. The van der Waals surface area contributed by atoms with Crippen LogP contribution in [-0.2, 0) is 12.8 Å². The Morgan fingerprint density at radius 3 is 2.57 bits per heavy atom. The Morgan fingerprint density at radius 2 is 1.78 bits per heavy atom. The molecule has 120 valence electrons. The molecule has 0 radical (unpaired) electrons. The minimum Gasteiger partial charge on any atom is -0.317 e. The quantitative estimate of drug-likeness (QED) is 0.851. The number of halogens is 1. The molecule has 2 aromatic rings. The molecule has 23 heavy (non-hydrogen) atoms. The van der Waals surface area contributed by atoms with Crippen molar-refractivity contribution >= 4 is 17.4 Å². The lowest BCUT2D eigenvalue weighted by molar-refractivity contribution is 0.0889. The number of aryl methyl sites for hydroxylation is 2. The minimum absolute atomic E-state index is 0.102. The molecule has 0 aliphatic carbocycles. The fourth-order valence-electron chi connectivity index (χ4n) is 3.11. The molecule has 3 rings (SSSR count). The van der Waals surface area contributed by atoms with Crippen LogP contribution >= 0.6 is 11.6 Å². The molecule has 0 unspecified atom stereocenters. The normalized spacial score (nSPS) is 15.5. The monoisotopic (exact) mass is 328 g/mol. The van der Waals surface area contributed by atoms with Gasteiger partial charge in [0.1, 0.15) is 5.69 Å². The number of carbonyl (C=O) groups excluding carboxylic acids is 1. The summed E-state index contributed by atoms with van der Waals surface area (Å²) in [7, 11) is 0. The van der Waals surface area contributed by atoms with Crippen LogP contribution in [0.2, 0.25) is 5.02 Å². The number of pyridine rings is 1. The number of nitrogens with zero attached hydrogens (tertiary/aromatic N) is 1. The molecule has 0 spiro atoms. The summed E-state index contributed by atoms with van der Waals surface area (Å²) >= 11 is 6.23. The van der Waals surface area contributed by atoms with Crippen LogP contribution in [0, 0.1) is 5.92 Å². The highest BCUT2D eigenvalue weighted by Gasteiger charge is 2.24. The summed E-state index contributed by atoms with van der Waals surface area (Å²) in [4.78, 5) is 17.2. The van der Waals surface area contributed by atoms with Gasteiger partial charge in [0.05, 0.1) is 0 Å². The molecule has 2 heterocycles. The molecular formula is C19H21ClN2O. The highest BCUT2D eigenvalue weighted by atomic mass is 35.5. The second-order valence-electron chi connectivity index (χ2n) is 5.99. The first-order valence-electron chi connectivity index (χ1n) is 8.18. The van der Waals surface area contributed by atoms with E-state index in [1.165, 1.54) is 0 Å². The van der Waals surface area contributed by atoms with Gasteiger partial charge >= 0.3 is 0 Å². The molecule has 1 aliphatic rings. The third-order valence-corrected chi connectivity index (χ3v) is 4.82. The molecule has 0 amide bonds. The van der Waals surface area contributed by atoms with Crippen LogP contribution in [-0.4, -0.2) is 23.9 Å². The first kappa shape index (κ1) is 16.2. The third-order valence-electron chi connectivity index (χ3n) is 4.46. The zero-order valence-corrected chi connectivity index (χ0v) is 13.9. The second kappa shape index (κ2) is 7.71. The van der Waals surface area contributed by atoms with Crippen molar-refractivity contribution in [2.75, 3.05) is 13.1 Å². The van der Waals surface area contributed by atoms with Gasteiger partial charge in [0.25, 0.3) is 0 Å². The average molecular weight is 329 g/mol. The van der Waals surface area contributed by atoms with Gasteiger partial charge in [-0.2, -0.15) is 0 Å². The fourth-order valence-corrected chi connectivity index (χ4v) is 3.34. The summed E-state index contributed by atoms with van der Waals surface area (Å²) in [6, 6.07) is 11.8. The third kappa shape index (κ3) is 3.98. The van der Waals surface area contributed by atoms with E-state index in [2.05, 4.69) is 10.3 Å². The van der Waals surface area contributed by atoms with Crippen LogP contribution < -0.4 is 5.32 Å². The average Bonchev–Trinajstić information content (AvgIpc) is 2.61. The molecule has 1 N–H and O–H groups in total. The van der Waals surface area contributed by atoms with Crippen LogP contribution in [0.1, 0.15) is 34.5 Å². The van der Waals surface area contributed by atoms with Gasteiger partial charge in [-0.1, -0.05) is 35.9 Å². The first-order valence-corrected chi connectivity index (χ1v) is 8.55. The standard InChI is InChI=1S/C19H21ClN2O/c20-17-6-2-1-4-14(17)7-8-15-5-3-11-22-18(15)19(23)16-9-12-21-13-10-16/h1-6,11,16,21H,7-10,12-13H2. The number of rotatable bonds is 5. The van der Waals surface area contributed by atoms with Crippen molar-refractivity contribution < 1.29 is 4.79 Å². The van der Waals surface area contributed by atoms with Crippen molar-refractivity contribution in [3.8, 4) is 0 Å². The summed E-state index contributed by atoms with van der Waals surface area (Å²) in [5, 5.41) is 4.08. The van der Waals surface area contributed by atoms with Crippen molar-refractivity contribution in [1.82, 2.24) is 10.3 Å². The van der Waals surface area contributed by atoms with E-state index in [9.17, 15) is 4.79 Å². The molecule has 0 saturated carbocycles. The molecule has 0 bridgehead atoms. The van der Waals surface area contributed by atoms with E-state index in [1.54, 1.807) is 6.20 Å². The van der Waals surface area contributed by atoms with Crippen LogP contribution in [0.15, 0.2) is 42.6 Å². The van der Waals surface area contributed by atoms with Crippen LogP contribution in [0.4, 0.5) is 0 Å². The van der Waals surface area contributed by atoms with Crippen LogP contribution in [0.3, 0.4) is 0 Å². The van der Waals surface area contributed by atoms with Crippen molar-refractivity contribution in [3.63, 3.8) is 0 Å². The molecule has 1 aromatic carbocycles. The molecule has 4 heteroatoms. The summed E-state index contributed by atoms with van der Waals surface area (Å²) in [6.07, 6.45) is 5.12. The topological polar surface area (TPSA) is 42.0 Å². The Bertz CT molecular complexity index is 681. The largest absolute Gasteiger partial charge is 0.317 e. The molecule has 3 nitrogen and oxygen atoms in total. The van der Waals surface area contributed by atoms with Crippen molar-refractivity contribution in [3.05, 3.63) is 64.4 Å². The number of aromatic nitrogens is 1. The summed E-state index contributed by atoms with van der Waals surface area (Å²) in [5.41, 5.74) is 2.78. The van der Waals surface area contributed by atoms with Gasteiger partial charge in [-0.25, -0.2) is 0 Å². The second-order valence-corrected chi connectivity index (χ2v) is 6.40. The molecule has 0 atom stereocenters. The van der Waals surface area contributed by atoms with Gasteiger partial charge in [0, 0.05) is 17.1 Å². The number of ketones is 1. The van der Waals surface area contributed by atoms with Gasteiger partial charge < -0.3 is 5.32 Å². The summed E-state index contributed by atoms with van der Waals surface area (Å²) < 4.78 is 0. The Kier molecular flexibility index (Phi) is 5.42. The first-order chi connectivity index (χ1) is 11.3. The number of benzene rings is 1. The van der Waals surface area contributed by atoms with Crippen molar-refractivity contribution in [1.29, 1.82) is 0 Å². The van der Waals surface area contributed by atoms with E-state index in [0.29, 0.717) is 5.69 Å². The summed E-state index contributed by atoms with van der Waals surface area (Å²) in [5.74, 6) is 0.298. The lowest BCUT2D eigenvalue weighted by Gasteiger charge is -2.22. The van der Waals surface area contributed by atoms with Gasteiger partial charge in [-0.05, 0) is 62.0 Å². The smallest absolute Gasteiger partial charge is 0.184 e. The van der Waals surface area contributed by atoms with Crippen molar-refractivity contribution in [2.45, 2.75) is 25.7 Å². The molecular weight excluding hydrogens is 308 g/mol. The Morgan fingerprint density at radius 1 is 1.09 bits per heavy atom. The fraction of sp³-hybridized carbons (Fsp3) is 0.368. The van der Waals surface area contributed by atoms with Gasteiger partial charge in [-0.15, -0.1) is 0 Å². The SMILES string of the molecule is O=C(c1ncccc1CCc1ccccc1Cl)C1CCNCC1. The van der Waals surface area contributed by atoms with E-state index in [-0.39, 0.29) is 11.7 Å². The predicted molar refractivity (Wildman–Crippen MR) is 93.0 cm³/mol. The van der Waals surface area contributed by atoms with Crippen molar-refractivity contribution in [2.24, 2.45) is 5.92 Å². The highest BCUT2D eigenvalue weighted by molar-refractivity contribution is 6.31. The number of carbonyl (C=O) groups is 1. The van der Waals surface area contributed by atoms with Gasteiger partial charge in [0.15, 0.2) is 5.78 Å². The Hall–Kier alpha value is -1.71. The lowest BCUT2D eigenvalue weighted by Crippen LogP contribution is -2.32. The van der Waals surface area contributed by atoms with E-state index < -0.39 is 0 Å².